The minimum absolute atomic E-state index is 0.706. The van der Waals surface area contributed by atoms with E-state index < -0.39 is 0 Å². The van der Waals surface area contributed by atoms with Gasteiger partial charge in [0.05, 0.1) is 5.69 Å². The van der Waals surface area contributed by atoms with Crippen LogP contribution in [0.3, 0.4) is 0 Å². The van der Waals surface area contributed by atoms with Crippen molar-refractivity contribution in [3.63, 3.8) is 0 Å². The van der Waals surface area contributed by atoms with Crippen LogP contribution < -0.4 is 5.32 Å². The Labute approximate surface area is 173 Å². The predicted molar refractivity (Wildman–Crippen MR) is 122 cm³/mol. The lowest BCUT2D eigenvalue weighted by Crippen LogP contribution is -2.11. The number of pyridine rings is 1. The summed E-state index contributed by atoms with van der Waals surface area (Å²) in [5, 5.41) is 3.11. The van der Waals surface area contributed by atoms with Crippen LogP contribution in [0.4, 0.5) is 0 Å². The van der Waals surface area contributed by atoms with Gasteiger partial charge in [-0.15, -0.1) is 0 Å². The van der Waals surface area contributed by atoms with Crippen molar-refractivity contribution in [2.24, 2.45) is 4.99 Å². The molecule has 0 radical (unpaired) electrons. The summed E-state index contributed by atoms with van der Waals surface area (Å²) in [4.78, 5) is 23.5. The molecule has 0 atom stereocenters. The molecule has 0 unspecified atom stereocenters. The van der Waals surface area contributed by atoms with Crippen molar-refractivity contribution in [1.82, 2.24) is 15.3 Å². The Balaban J connectivity index is 0.00000145. The van der Waals surface area contributed by atoms with E-state index in [4.69, 9.17) is 0 Å². The highest BCUT2D eigenvalue weighted by Gasteiger charge is 2.10. The molecule has 3 rings (SSSR count). The summed E-state index contributed by atoms with van der Waals surface area (Å²) < 4.78 is 0. The maximum atomic E-state index is 11.4. The molecule has 2 N–H and O–H groups in total. The highest BCUT2D eigenvalue weighted by Crippen LogP contribution is 2.26. The minimum Gasteiger partial charge on any atom is -0.358 e. The first kappa shape index (κ1) is 22.2. The fourth-order valence-electron chi connectivity index (χ4n) is 3.00. The monoisotopic (exact) mass is 390 g/mol. The molecule has 1 aromatic carbocycles. The summed E-state index contributed by atoms with van der Waals surface area (Å²) in [6, 6.07) is 14.1. The molecule has 2 aromatic heterocycles. The Kier molecular flexibility index (Phi) is 8.49. The predicted octanol–water partition coefficient (Wildman–Crippen LogP) is 4.78. The minimum atomic E-state index is 0.706. The van der Waals surface area contributed by atoms with E-state index >= 15 is 0 Å². The van der Waals surface area contributed by atoms with Crippen LogP contribution >= 0.6 is 0 Å². The first-order valence-corrected chi connectivity index (χ1v) is 9.98. The Bertz CT molecular complexity index is 955. The normalized spacial score (nSPS) is 11.0. The van der Waals surface area contributed by atoms with E-state index in [1.807, 2.05) is 46.0 Å². The second-order valence-corrected chi connectivity index (χ2v) is 6.40. The van der Waals surface area contributed by atoms with Crippen LogP contribution in [0.15, 0.2) is 53.7 Å². The van der Waals surface area contributed by atoms with Gasteiger partial charge in [0.15, 0.2) is 6.29 Å². The molecule has 0 saturated heterocycles. The molecule has 0 saturated carbocycles. The van der Waals surface area contributed by atoms with Crippen molar-refractivity contribution in [3.05, 3.63) is 65.5 Å². The van der Waals surface area contributed by atoms with E-state index in [1.165, 1.54) is 0 Å². The van der Waals surface area contributed by atoms with Gasteiger partial charge < -0.3 is 10.3 Å². The van der Waals surface area contributed by atoms with Gasteiger partial charge in [0.2, 0.25) is 0 Å². The number of likely N-dealkylation sites (N-methyl/N-ethyl adjacent to an activating group) is 1. The van der Waals surface area contributed by atoms with E-state index in [0.717, 1.165) is 58.7 Å². The molecule has 5 heteroatoms. The van der Waals surface area contributed by atoms with Crippen LogP contribution in [0.1, 0.15) is 42.4 Å². The number of hydrogen-bond donors (Lipinski definition) is 2. The zero-order valence-electron chi connectivity index (χ0n) is 17.9. The maximum Gasteiger partial charge on any atom is 0.151 e. The lowest BCUT2D eigenvalue weighted by Gasteiger charge is -2.06. The molecule has 3 aromatic rings. The second kappa shape index (κ2) is 11.1. The van der Waals surface area contributed by atoms with Crippen LogP contribution in [0.25, 0.3) is 22.5 Å². The third-order valence-corrected chi connectivity index (χ3v) is 4.69. The highest BCUT2D eigenvalue weighted by molar-refractivity contribution is 5.98. The number of aromatic nitrogens is 2. The lowest BCUT2D eigenvalue weighted by molar-refractivity contribution is 0.112. The zero-order valence-corrected chi connectivity index (χ0v) is 17.9. The SMILES string of the molecule is CC.CN=C(C)c1ccc(-c2cc(-c3cc(C=O)c(CCNC)[nH]3)ccn2)cc1. The van der Waals surface area contributed by atoms with Crippen molar-refractivity contribution < 1.29 is 4.79 Å². The van der Waals surface area contributed by atoms with Crippen molar-refractivity contribution in [1.29, 1.82) is 0 Å². The topological polar surface area (TPSA) is 70.1 Å². The molecule has 2 heterocycles. The number of carbonyl (C=O) groups excluding carboxylic acids is 1. The number of aliphatic imine (C=N–C) groups is 1. The molecule has 0 fully saturated rings. The van der Waals surface area contributed by atoms with Gasteiger partial charge in [0.1, 0.15) is 0 Å². The standard InChI is InChI=1S/C22H24N4O.C2H6/c1-15(24-3)16-4-6-17(7-5-16)21-12-18(8-11-25-21)22-13-19(14-27)20(26-22)9-10-23-2;1-2/h4-8,11-14,23,26H,9-10H2,1-3H3;1-2H3. The first-order valence-electron chi connectivity index (χ1n) is 9.98. The van der Waals surface area contributed by atoms with Gasteiger partial charge in [-0.3, -0.25) is 14.8 Å². The number of nitrogens with zero attached hydrogens (tertiary/aromatic N) is 2. The van der Waals surface area contributed by atoms with Crippen LogP contribution in [0, 0.1) is 0 Å². The number of hydrogen-bond acceptors (Lipinski definition) is 4. The Morgan fingerprint density at radius 2 is 1.86 bits per heavy atom. The number of aromatic amines is 1. The zero-order chi connectivity index (χ0) is 21.2. The van der Waals surface area contributed by atoms with Gasteiger partial charge in [-0.05, 0) is 37.7 Å². The molecule has 0 aliphatic rings. The maximum absolute atomic E-state index is 11.4. The third kappa shape index (κ3) is 5.48. The van der Waals surface area contributed by atoms with Crippen molar-refractivity contribution in [2.45, 2.75) is 27.2 Å². The molecule has 0 bridgehead atoms. The van der Waals surface area contributed by atoms with Crippen molar-refractivity contribution in [3.8, 4) is 22.5 Å². The molecule has 0 aliphatic carbocycles. The van der Waals surface area contributed by atoms with Crippen LogP contribution in [0.2, 0.25) is 0 Å². The van der Waals surface area contributed by atoms with Crippen molar-refractivity contribution in [2.75, 3.05) is 20.6 Å². The number of benzene rings is 1. The number of rotatable bonds is 7. The average molecular weight is 391 g/mol. The smallest absolute Gasteiger partial charge is 0.151 e. The number of H-pyrrole nitrogens is 1. The first-order chi connectivity index (χ1) is 14.2. The molecule has 0 amide bonds. The second-order valence-electron chi connectivity index (χ2n) is 6.40. The van der Waals surface area contributed by atoms with Crippen LogP contribution in [-0.2, 0) is 6.42 Å². The van der Waals surface area contributed by atoms with Gasteiger partial charge in [-0.2, -0.15) is 0 Å². The quantitative estimate of drug-likeness (QED) is 0.450. The van der Waals surface area contributed by atoms with E-state index in [9.17, 15) is 4.79 Å². The Morgan fingerprint density at radius 1 is 1.14 bits per heavy atom. The van der Waals surface area contributed by atoms with Gasteiger partial charge >= 0.3 is 0 Å². The summed E-state index contributed by atoms with van der Waals surface area (Å²) in [6.45, 7) is 6.81. The number of aldehydes is 1. The van der Waals surface area contributed by atoms with E-state index in [1.54, 1.807) is 13.2 Å². The molecule has 0 aliphatic heterocycles. The van der Waals surface area contributed by atoms with E-state index in [-0.39, 0.29) is 0 Å². The summed E-state index contributed by atoms with van der Waals surface area (Å²) >= 11 is 0. The Hall–Kier alpha value is -3.05. The van der Waals surface area contributed by atoms with Gasteiger partial charge in [0, 0.05) is 60.0 Å². The lowest BCUT2D eigenvalue weighted by atomic mass is 10.0. The number of carbonyl (C=O) groups is 1. The number of nitrogens with one attached hydrogen (secondary N) is 2. The average Bonchev–Trinajstić information content (AvgIpc) is 3.22. The van der Waals surface area contributed by atoms with E-state index in [2.05, 4.69) is 44.5 Å². The highest BCUT2D eigenvalue weighted by atomic mass is 16.1. The van der Waals surface area contributed by atoms with E-state index in [0.29, 0.717) is 5.56 Å². The molecule has 29 heavy (non-hydrogen) atoms. The molecular weight excluding hydrogens is 360 g/mol. The molecule has 152 valence electrons. The molecule has 0 spiro atoms. The van der Waals surface area contributed by atoms with Crippen LogP contribution in [0.5, 0.6) is 0 Å². The fourth-order valence-corrected chi connectivity index (χ4v) is 3.00. The Morgan fingerprint density at radius 3 is 2.48 bits per heavy atom. The summed E-state index contributed by atoms with van der Waals surface area (Å²) in [7, 11) is 3.70. The van der Waals surface area contributed by atoms with Gasteiger partial charge in [-0.1, -0.05) is 38.1 Å². The van der Waals surface area contributed by atoms with Crippen LogP contribution in [-0.4, -0.2) is 42.6 Å². The third-order valence-electron chi connectivity index (χ3n) is 4.69. The van der Waals surface area contributed by atoms with Crippen molar-refractivity contribution >= 4 is 12.0 Å². The fraction of sp³-hybridized carbons (Fsp3) is 0.292. The summed E-state index contributed by atoms with van der Waals surface area (Å²) in [6.07, 6.45) is 3.48. The summed E-state index contributed by atoms with van der Waals surface area (Å²) in [5.74, 6) is 0. The van der Waals surface area contributed by atoms with Gasteiger partial charge in [-0.25, -0.2) is 0 Å². The molecular formula is C24H30N4O. The largest absolute Gasteiger partial charge is 0.358 e. The van der Waals surface area contributed by atoms with Gasteiger partial charge in [0.25, 0.3) is 0 Å². The summed E-state index contributed by atoms with van der Waals surface area (Å²) in [5.41, 5.74) is 7.64. The molecule has 5 nitrogen and oxygen atoms in total.